The molecule has 8 nitrogen and oxygen atoms in total. The van der Waals surface area contributed by atoms with Crippen LogP contribution in [-0.4, -0.2) is 64.1 Å². The number of fused-ring (bicyclic) bond motifs is 2. The van der Waals surface area contributed by atoms with Crippen molar-refractivity contribution in [2.75, 3.05) is 39.5 Å². The van der Waals surface area contributed by atoms with Gasteiger partial charge in [0.15, 0.2) is 0 Å². The third-order valence-corrected chi connectivity index (χ3v) is 6.61. The Hall–Kier alpha value is -3.49. The summed E-state index contributed by atoms with van der Waals surface area (Å²) < 4.78 is 13.5. The standard InChI is InChI=1S/C26H27N5O3/c32-24-17-20(25-23-5-3-9-31(23)29-26(25)21-4-1-2-8-27-21)19-7-6-18(16-22(19)28-24)34-15-12-30-10-13-33-14-11-30/h1-2,4,6-8,16-17H,3,5,9-15H2,(H,28,32). The van der Waals surface area contributed by atoms with Crippen LogP contribution in [0.5, 0.6) is 5.75 Å². The molecule has 0 amide bonds. The van der Waals surface area contributed by atoms with Crippen LogP contribution >= 0.6 is 0 Å². The van der Waals surface area contributed by atoms with Gasteiger partial charge < -0.3 is 14.5 Å². The van der Waals surface area contributed by atoms with Crippen LogP contribution in [0, 0.1) is 0 Å². The highest BCUT2D eigenvalue weighted by molar-refractivity contribution is 5.99. The first kappa shape index (κ1) is 21.1. The Balaban J connectivity index is 1.36. The van der Waals surface area contributed by atoms with Crippen molar-refractivity contribution in [1.82, 2.24) is 24.6 Å². The summed E-state index contributed by atoms with van der Waals surface area (Å²) in [6.45, 7) is 5.76. The summed E-state index contributed by atoms with van der Waals surface area (Å²) in [5, 5.41) is 5.85. The zero-order valence-electron chi connectivity index (χ0n) is 19.0. The monoisotopic (exact) mass is 457 g/mol. The van der Waals surface area contributed by atoms with Crippen molar-refractivity contribution in [3.05, 3.63) is 64.7 Å². The number of aryl methyl sites for hydroxylation is 1. The molecule has 0 bridgehead atoms. The van der Waals surface area contributed by atoms with Crippen LogP contribution in [0.1, 0.15) is 12.1 Å². The van der Waals surface area contributed by atoms with Gasteiger partial charge >= 0.3 is 0 Å². The fraction of sp³-hybridized carbons (Fsp3) is 0.346. The summed E-state index contributed by atoms with van der Waals surface area (Å²) in [6.07, 6.45) is 3.77. The highest BCUT2D eigenvalue weighted by Crippen LogP contribution is 2.39. The summed E-state index contributed by atoms with van der Waals surface area (Å²) in [5.74, 6) is 0.749. The van der Waals surface area contributed by atoms with Gasteiger partial charge in [-0.1, -0.05) is 6.07 Å². The van der Waals surface area contributed by atoms with Crippen LogP contribution in [0.25, 0.3) is 33.4 Å². The number of nitrogens with zero attached hydrogens (tertiary/aromatic N) is 4. The van der Waals surface area contributed by atoms with Gasteiger partial charge in [0.1, 0.15) is 18.1 Å². The number of morpholine rings is 1. The number of hydrogen-bond acceptors (Lipinski definition) is 6. The summed E-state index contributed by atoms with van der Waals surface area (Å²) in [6, 6.07) is 13.5. The predicted molar refractivity (Wildman–Crippen MR) is 130 cm³/mol. The molecule has 0 aliphatic carbocycles. The lowest BCUT2D eigenvalue weighted by Crippen LogP contribution is -2.38. The average Bonchev–Trinajstić information content (AvgIpc) is 3.46. The Morgan fingerprint density at radius 2 is 2.00 bits per heavy atom. The highest BCUT2D eigenvalue weighted by atomic mass is 16.5. The number of H-pyrrole nitrogens is 1. The van der Waals surface area contributed by atoms with Gasteiger partial charge in [0.25, 0.3) is 0 Å². The minimum Gasteiger partial charge on any atom is -0.492 e. The minimum atomic E-state index is -0.141. The maximum absolute atomic E-state index is 12.7. The number of hydrogen-bond donors (Lipinski definition) is 1. The number of benzene rings is 1. The molecular formula is C26H27N5O3. The Bertz CT molecular complexity index is 1370. The number of nitrogens with one attached hydrogen (secondary N) is 1. The molecule has 1 saturated heterocycles. The maximum atomic E-state index is 12.7. The highest BCUT2D eigenvalue weighted by Gasteiger charge is 2.26. The van der Waals surface area contributed by atoms with Crippen molar-refractivity contribution < 1.29 is 9.47 Å². The molecule has 4 aromatic rings. The van der Waals surface area contributed by atoms with E-state index in [0.29, 0.717) is 6.61 Å². The molecular weight excluding hydrogens is 430 g/mol. The van der Waals surface area contributed by atoms with Crippen LogP contribution in [-0.2, 0) is 17.7 Å². The predicted octanol–water partition coefficient (Wildman–Crippen LogP) is 3.11. The van der Waals surface area contributed by atoms with Gasteiger partial charge in [-0.05, 0) is 37.1 Å². The molecule has 0 radical (unpaired) electrons. The zero-order chi connectivity index (χ0) is 22.9. The van der Waals surface area contributed by atoms with E-state index >= 15 is 0 Å². The second kappa shape index (κ2) is 9.04. The van der Waals surface area contributed by atoms with Gasteiger partial charge in [-0.25, -0.2) is 0 Å². The Morgan fingerprint density at radius 3 is 2.85 bits per heavy atom. The zero-order valence-corrected chi connectivity index (χ0v) is 19.0. The summed E-state index contributed by atoms with van der Waals surface area (Å²) >= 11 is 0. The molecule has 1 aromatic carbocycles. The minimum absolute atomic E-state index is 0.141. The molecule has 1 N–H and O–H groups in total. The normalized spacial score (nSPS) is 16.1. The lowest BCUT2D eigenvalue weighted by Gasteiger charge is -2.26. The quantitative estimate of drug-likeness (QED) is 0.479. The molecule has 34 heavy (non-hydrogen) atoms. The van der Waals surface area contributed by atoms with Crippen molar-refractivity contribution >= 4 is 10.9 Å². The molecule has 174 valence electrons. The van der Waals surface area contributed by atoms with Crippen LogP contribution in [0.15, 0.2) is 53.5 Å². The van der Waals surface area contributed by atoms with Crippen LogP contribution < -0.4 is 10.3 Å². The second-order valence-corrected chi connectivity index (χ2v) is 8.77. The van der Waals surface area contributed by atoms with E-state index in [1.54, 1.807) is 12.3 Å². The largest absolute Gasteiger partial charge is 0.492 e. The van der Waals surface area contributed by atoms with E-state index in [1.807, 2.05) is 36.4 Å². The third-order valence-electron chi connectivity index (χ3n) is 6.61. The molecule has 3 aromatic heterocycles. The molecule has 0 unspecified atom stereocenters. The first-order valence-corrected chi connectivity index (χ1v) is 11.9. The molecule has 5 heterocycles. The molecule has 6 rings (SSSR count). The van der Waals surface area contributed by atoms with Crippen molar-refractivity contribution in [2.45, 2.75) is 19.4 Å². The van der Waals surface area contributed by atoms with Gasteiger partial charge in [-0.3, -0.25) is 19.4 Å². The Labute approximate surface area is 197 Å². The molecule has 0 spiro atoms. The first-order valence-electron chi connectivity index (χ1n) is 11.9. The van der Waals surface area contributed by atoms with Crippen LogP contribution in [0.3, 0.4) is 0 Å². The lowest BCUT2D eigenvalue weighted by atomic mass is 9.96. The van der Waals surface area contributed by atoms with E-state index in [4.69, 9.17) is 14.6 Å². The SMILES string of the molecule is O=c1cc(-c2c(-c3ccccn3)nn3c2CCC3)c2ccc(OCCN3CCOCC3)cc2[nH]1. The maximum Gasteiger partial charge on any atom is 0.249 e. The van der Waals surface area contributed by atoms with Crippen LogP contribution in [0.2, 0.25) is 0 Å². The average molecular weight is 458 g/mol. The van der Waals surface area contributed by atoms with Gasteiger partial charge in [0, 0.05) is 66.7 Å². The van der Waals surface area contributed by atoms with Crippen LogP contribution in [0.4, 0.5) is 0 Å². The van der Waals surface area contributed by atoms with E-state index in [0.717, 1.165) is 91.4 Å². The number of pyridine rings is 2. The van der Waals surface area contributed by atoms with Crippen molar-refractivity contribution in [1.29, 1.82) is 0 Å². The topological polar surface area (TPSA) is 85.3 Å². The van der Waals surface area contributed by atoms with Gasteiger partial charge in [0.05, 0.1) is 24.4 Å². The molecule has 2 aliphatic heterocycles. The lowest BCUT2D eigenvalue weighted by molar-refractivity contribution is 0.0322. The molecule has 1 fully saturated rings. The fourth-order valence-electron chi connectivity index (χ4n) is 4.95. The van der Waals surface area contributed by atoms with Gasteiger partial charge in [0.2, 0.25) is 5.56 Å². The molecule has 0 atom stereocenters. The first-order chi connectivity index (χ1) is 16.8. The van der Waals surface area contributed by atoms with Crippen molar-refractivity contribution in [3.63, 3.8) is 0 Å². The third kappa shape index (κ3) is 3.99. The summed E-state index contributed by atoms with van der Waals surface area (Å²) in [5.41, 5.74) is 5.33. The van der Waals surface area contributed by atoms with Gasteiger partial charge in [-0.2, -0.15) is 5.10 Å². The number of ether oxygens (including phenoxy) is 2. The van der Waals surface area contributed by atoms with E-state index in [2.05, 4.69) is 19.5 Å². The molecule has 0 saturated carbocycles. The van der Waals surface area contributed by atoms with E-state index in [9.17, 15) is 4.79 Å². The van der Waals surface area contributed by atoms with Gasteiger partial charge in [-0.15, -0.1) is 0 Å². The Morgan fingerprint density at radius 1 is 1.09 bits per heavy atom. The Kier molecular flexibility index (Phi) is 5.60. The molecule has 8 heteroatoms. The van der Waals surface area contributed by atoms with E-state index in [1.165, 1.54) is 5.69 Å². The smallest absolute Gasteiger partial charge is 0.249 e. The number of aromatic amines is 1. The summed E-state index contributed by atoms with van der Waals surface area (Å²) in [7, 11) is 0. The van der Waals surface area contributed by atoms with E-state index < -0.39 is 0 Å². The number of aromatic nitrogens is 4. The number of rotatable bonds is 6. The van der Waals surface area contributed by atoms with Crippen molar-refractivity contribution in [2.24, 2.45) is 0 Å². The van der Waals surface area contributed by atoms with Crippen molar-refractivity contribution in [3.8, 4) is 28.3 Å². The van der Waals surface area contributed by atoms with E-state index in [-0.39, 0.29) is 5.56 Å². The fourth-order valence-corrected chi connectivity index (χ4v) is 4.95. The molecule has 2 aliphatic rings. The summed E-state index contributed by atoms with van der Waals surface area (Å²) in [4.78, 5) is 22.6. The second-order valence-electron chi connectivity index (χ2n) is 8.77.